The van der Waals surface area contributed by atoms with E-state index < -0.39 is 20.0 Å². The van der Waals surface area contributed by atoms with Gasteiger partial charge in [0, 0.05) is 13.1 Å². The fourth-order valence-electron chi connectivity index (χ4n) is 1.66. The fourth-order valence-corrected chi connectivity index (χ4v) is 3.52. The summed E-state index contributed by atoms with van der Waals surface area (Å²) in [4.78, 5) is 0.147. The monoisotopic (exact) mass is 335 g/mol. The van der Waals surface area contributed by atoms with E-state index in [1.165, 1.54) is 6.07 Å². The van der Waals surface area contributed by atoms with Crippen molar-refractivity contribution in [2.75, 3.05) is 24.2 Å². The molecule has 21 heavy (non-hydrogen) atoms. The molecule has 7 nitrogen and oxygen atoms in total. The molecular weight excluding hydrogens is 314 g/mol. The van der Waals surface area contributed by atoms with E-state index in [1.807, 2.05) is 6.92 Å². The minimum atomic E-state index is -3.57. The average molecular weight is 335 g/mol. The molecule has 0 atom stereocenters. The highest BCUT2D eigenvalue weighted by Gasteiger charge is 2.17. The number of para-hydroxylation sites is 1. The molecule has 0 aromatic heterocycles. The van der Waals surface area contributed by atoms with Gasteiger partial charge in [0.15, 0.2) is 0 Å². The molecule has 1 aromatic carbocycles. The Balaban J connectivity index is 2.76. The van der Waals surface area contributed by atoms with Crippen LogP contribution in [0.1, 0.15) is 19.8 Å². The maximum atomic E-state index is 12.1. The maximum absolute atomic E-state index is 12.1. The standard InChI is InChI=1S/C12H21N3O4S2/c1-2-8-15-21(18,19)12-7-4-3-6-11(12)14-9-5-10-20(13,16)17/h3-4,6-7,14-15H,2,5,8-10H2,1H3,(H2,13,16,17). The van der Waals surface area contributed by atoms with Crippen LogP contribution in [-0.4, -0.2) is 35.7 Å². The van der Waals surface area contributed by atoms with E-state index in [0.717, 1.165) is 0 Å². The van der Waals surface area contributed by atoms with Gasteiger partial charge in [-0.2, -0.15) is 0 Å². The molecule has 0 unspecified atom stereocenters. The molecule has 0 heterocycles. The minimum absolute atomic E-state index is 0.147. The van der Waals surface area contributed by atoms with Crippen molar-refractivity contribution in [2.45, 2.75) is 24.7 Å². The number of nitrogens with one attached hydrogen (secondary N) is 2. The summed E-state index contributed by atoms with van der Waals surface area (Å²) in [5.74, 6) is -0.150. The lowest BCUT2D eigenvalue weighted by Gasteiger charge is -2.12. The van der Waals surface area contributed by atoms with Crippen LogP contribution in [-0.2, 0) is 20.0 Å². The molecule has 0 fully saturated rings. The highest BCUT2D eigenvalue weighted by molar-refractivity contribution is 7.89. The molecule has 120 valence electrons. The van der Waals surface area contributed by atoms with Crippen LogP contribution in [0, 0.1) is 0 Å². The number of nitrogens with two attached hydrogens (primary N) is 1. The highest BCUT2D eigenvalue weighted by Crippen LogP contribution is 2.20. The smallest absolute Gasteiger partial charge is 0.242 e. The summed E-state index contributed by atoms with van der Waals surface area (Å²) in [6.07, 6.45) is 0.999. The Labute approximate surface area is 126 Å². The van der Waals surface area contributed by atoms with Crippen molar-refractivity contribution in [1.82, 2.24) is 4.72 Å². The van der Waals surface area contributed by atoms with E-state index in [0.29, 0.717) is 31.6 Å². The van der Waals surface area contributed by atoms with Crippen LogP contribution in [0.5, 0.6) is 0 Å². The van der Waals surface area contributed by atoms with E-state index in [1.54, 1.807) is 18.2 Å². The van der Waals surface area contributed by atoms with Gasteiger partial charge < -0.3 is 5.32 Å². The van der Waals surface area contributed by atoms with Crippen LogP contribution in [0.3, 0.4) is 0 Å². The summed E-state index contributed by atoms with van der Waals surface area (Å²) in [6.45, 7) is 2.55. The first-order valence-electron chi connectivity index (χ1n) is 6.59. The molecule has 1 rings (SSSR count). The van der Waals surface area contributed by atoms with Crippen molar-refractivity contribution in [3.8, 4) is 0 Å². The van der Waals surface area contributed by atoms with Crippen LogP contribution in [0.25, 0.3) is 0 Å². The Morgan fingerprint density at radius 1 is 1.10 bits per heavy atom. The molecule has 0 saturated heterocycles. The predicted molar refractivity (Wildman–Crippen MR) is 83.0 cm³/mol. The summed E-state index contributed by atoms with van der Waals surface area (Å²) in [5, 5.41) is 7.84. The Morgan fingerprint density at radius 2 is 1.76 bits per heavy atom. The molecule has 0 amide bonds. The van der Waals surface area contributed by atoms with E-state index >= 15 is 0 Å². The lowest BCUT2D eigenvalue weighted by atomic mass is 10.3. The number of anilines is 1. The fraction of sp³-hybridized carbons (Fsp3) is 0.500. The van der Waals surface area contributed by atoms with Gasteiger partial charge in [0.1, 0.15) is 4.90 Å². The predicted octanol–water partition coefficient (Wildman–Crippen LogP) is 0.465. The SMILES string of the molecule is CCCNS(=O)(=O)c1ccccc1NCCCS(N)(=O)=O. The van der Waals surface area contributed by atoms with Gasteiger partial charge in [-0.05, 0) is 25.0 Å². The molecule has 4 N–H and O–H groups in total. The number of sulfonamides is 2. The molecular formula is C12H21N3O4S2. The third-order valence-corrected chi connectivity index (χ3v) is 5.02. The normalized spacial score (nSPS) is 12.3. The minimum Gasteiger partial charge on any atom is -0.384 e. The number of benzene rings is 1. The average Bonchev–Trinajstić information content (AvgIpc) is 2.41. The van der Waals surface area contributed by atoms with Gasteiger partial charge in [0.2, 0.25) is 20.0 Å². The van der Waals surface area contributed by atoms with E-state index in [4.69, 9.17) is 5.14 Å². The molecule has 0 saturated carbocycles. The number of hydrogen-bond donors (Lipinski definition) is 3. The zero-order valence-corrected chi connectivity index (χ0v) is 13.5. The molecule has 9 heteroatoms. The second kappa shape index (κ2) is 7.74. The lowest BCUT2D eigenvalue weighted by Crippen LogP contribution is -2.25. The van der Waals surface area contributed by atoms with Crippen LogP contribution in [0.2, 0.25) is 0 Å². The Hall–Kier alpha value is -1.16. The van der Waals surface area contributed by atoms with Crippen molar-refractivity contribution in [2.24, 2.45) is 5.14 Å². The van der Waals surface area contributed by atoms with Crippen molar-refractivity contribution in [3.63, 3.8) is 0 Å². The van der Waals surface area contributed by atoms with Gasteiger partial charge in [-0.1, -0.05) is 19.1 Å². The molecule has 0 aliphatic heterocycles. The Bertz CT molecular complexity index is 657. The Kier molecular flexibility index (Phi) is 6.59. The van der Waals surface area contributed by atoms with E-state index in [-0.39, 0.29) is 10.6 Å². The molecule has 0 aliphatic carbocycles. The van der Waals surface area contributed by atoms with Gasteiger partial charge in [-0.3, -0.25) is 0 Å². The maximum Gasteiger partial charge on any atom is 0.242 e. The van der Waals surface area contributed by atoms with Crippen molar-refractivity contribution in [1.29, 1.82) is 0 Å². The molecule has 0 aliphatic rings. The van der Waals surface area contributed by atoms with Gasteiger partial charge in [-0.15, -0.1) is 0 Å². The number of rotatable bonds is 9. The van der Waals surface area contributed by atoms with E-state index in [9.17, 15) is 16.8 Å². The second-order valence-corrected chi connectivity index (χ2v) is 8.01. The van der Waals surface area contributed by atoms with Crippen molar-refractivity contribution >= 4 is 25.7 Å². The van der Waals surface area contributed by atoms with Gasteiger partial charge in [-0.25, -0.2) is 26.7 Å². The highest BCUT2D eigenvalue weighted by atomic mass is 32.2. The van der Waals surface area contributed by atoms with Crippen LogP contribution in [0.4, 0.5) is 5.69 Å². The first-order valence-corrected chi connectivity index (χ1v) is 9.79. The zero-order valence-electron chi connectivity index (χ0n) is 11.9. The molecule has 1 aromatic rings. The third-order valence-electron chi connectivity index (χ3n) is 2.64. The molecule has 0 spiro atoms. The second-order valence-electron chi connectivity index (χ2n) is 4.54. The lowest BCUT2D eigenvalue weighted by molar-refractivity contribution is 0.580. The van der Waals surface area contributed by atoms with Crippen molar-refractivity contribution in [3.05, 3.63) is 24.3 Å². The Morgan fingerprint density at radius 3 is 2.38 bits per heavy atom. The summed E-state index contributed by atoms with van der Waals surface area (Å²) in [6, 6.07) is 6.48. The summed E-state index contributed by atoms with van der Waals surface area (Å²) in [7, 11) is -7.07. The quantitative estimate of drug-likeness (QED) is 0.567. The van der Waals surface area contributed by atoms with Crippen LogP contribution >= 0.6 is 0 Å². The van der Waals surface area contributed by atoms with Crippen LogP contribution in [0.15, 0.2) is 29.2 Å². The largest absolute Gasteiger partial charge is 0.384 e. The molecule has 0 radical (unpaired) electrons. The summed E-state index contributed by atoms with van der Waals surface area (Å²) >= 11 is 0. The number of primary sulfonamides is 1. The summed E-state index contributed by atoms with van der Waals surface area (Å²) < 4.78 is 48.4. The van der Waals surface area contributed by atoms with E-state index in [2.05, 4.69) is 10.0 Å². The van der Waals surface area contributed by atoms with Crippen molar-refractivity contribution < 1.29 is 16.8 Å². The zero-order chi connectivity index (χ0) is 15.9. The first-order chi connectivity index (χ1) is 9.76. The van der Waals surface area contributed by atoms with Gasteiger partial charge in [0.25, 0.3) is 0 Å². The van der Waals surface area contributed by atoms with Gasteiger partial charge in [0.05, 0.1) is 11.4 Å². The summed E-state index contributed by atoms with van der Waals surface area (Å²) in [5.41, 5.74) is 0.440. The topological polar surface area (TPSA) is 118 Å². The van der Waals surface area contributed by atoms with Crippen LogP contribution < -0.4 is 15.2 Å². The third kappa shape index (κ3) is 6.42. The number of hydrogen-bond acceptors (Lipinski definition) is 5. The van der Waals surface area contributed by atoms with Gasteiger partial charge >= 0.3 is 0 Å². The first kappa shape index (κ1) is 17.9. The molecule has 0 bridgehead atoms.